The molecule has 5 nitrogen and oxygen atoms in total. The first kappa shape index (κ1) is 17.3. The molecule has 0 aliphatic rings. The van der Waals surface area contributed by atoms with Gasteiger partial charge in [-0.25, -0.2) is 4.39 Å². The highest BCUT2D eigenvalue weighted by Crippen LogP contribution is 2.29. The highest BCUT2D eigenvalue weighted by molar-refractivity contribution is 9.10. The van der Waals surface area contributed by atoms with Crippen LogP contribution in [0.25, 0.3) is 0 Å². The van der Waals surface area contributed by atoms with Crippen LogP contribution in [-0.2, 0) is 20.2 Å². The van der Waals surface area contributed by atoms with Gasteiger partial charge in [-0.3, -0.25) is 4.68 Å². The minimum atomic E-state index is -0.517. The fourth-order valence-electron chi connectivity index (χ4n) is 2.32. The molecule has 3 aromatic rings. The van der Waals surface area contributed by atoms with Gasteiger partial charge in [0, 0.05) is 36.4 Å². The fourth-order valence-corrected chi connectivity index (χ4v) is 2.58. The van der Waals surface area contributed by atoms with E-state index in [1.807, 2.05) is 43.6 Å². The third kappa shape index (κ3) is 4.51. The van der Waals surface area contributed by atoms with Crippen LogP contribution in [0.5, 0.6) is 5.75 Å². The molecule has 0 aliphatic carbocycles. The van der Waals surface area contributed by atoms with Crippen molar-refractivity contribution in [3.8, 4) is 5.75 Å². The van der Waals surface area contributed by atoms with Gasteiger partial charge in [-0.15, -0.1) is 0 Å². The molecule has 0 saturated carbocycles. The summed E-state index contributed by atoms with van der Waals surface area (Å²) in [6.45, 7) is 0.789. The zero-order valence-electron chi connectivity index (χ0n) is 13.7. The van der Waals surface area contributed by atoms with Crippen LogP contribution in [0.15, 0.2) is 53.1 Å². The number of nitrogens with two attached hydrogens (primary N) is 1. The topological polar surface area (TPSA) is 65.1 Å². The molecule has 3 N–H and O–H groups in total. The van der Waals surface area contributed by atoms with Crippen molar-refractivity contribution >= 4 is 27.3 Å². The van der Waals surface area contributed by atoms with Gasteiger partial charge < -0.3 is 15.8 Å². The van der Waals surface area contributed by atoms with Crippen LogP contribution in [0.3, 0.4) is 0 Å². The number of aryl methyl sites for hydroxylation is 1. The summed E-state index contributed by atoms with van der Waals surface area (Å²) < 4.78 is 22.4. The molecule has 0 unspecified atom stereocenters. The zero-order valence-corrected chi connectivity index (χ0v) is 15.3. The monoisotopic (exact) mass is 404 g/mol. The maximum absolute atomic E-state index is 14.1. The summed E-state index contributed by atoms with van der Waals surface area (Å²) in [6.07, 6.45) is 1.83. The second-order valence-corrected chi connectivity index (χ2v) is 6.53. The molecule has 0 fully saturated rings. The van der Waals surface area contributed by atoms with Crippen LogP contribution in [0.1, 0.15) is 11.3 Å². The first-order chi connectivity index (χ1) is 12.0. The number of ether oxygens (including phenoxy) is 1. The molecule has 0 bridgehead atoms. The highest BCUT2D eigenvalue weighted by Gasteiger charge is 2.10. The number of halogens is 2. The number of nitrogens with one attached hydrogen (secondary N) is 1. The van der Waals surface area contributed by atoms with Crippen molar-refractivity contribution in [3.63, 3.8) is 0 Å². The number of aromatic nitrogens is 2. The van der Waals surface area contributed by atoms with E-state index in [0.29, 0.717) is 18.0 Å². The van der Waals surface area contributed by atoms with Crippen LogP contribution in [-0.4, -0.2) is 9.78 Å². The molecule has 1 aromatic heterocycles. The van der Waals surface area contributed by atoms with Gasteiger partial charge in [-0.05, 0) is 23.8 Å². The van der Waals surface area contributed by atoms with Crippen LogP contribution in [0.4, 0.5) is 15.8 Å². The van der Waals surface area contributed by atoms with E-state index in [2.05, 4.69) is 26.3 Å². The van der Waals surface area contributed by atoms with Crippen LogP contribution in [0, 0.1) is 5.82 Å². The average Bonchev–Trinajstić information content (AvgIpc) is 3.01. The van der Waals surface area contributed by atoms with Gasteiger partial charge in [0.25, 0.3) is 0 Å². The molecular formula is C18H18BrFN4O. The highest BCUT2D eigenvalue weighted by atomic mass is 79.9. The van der Waals surface area contributed by atoms with E-state index >= 15 is 0 Å². The third-order valence-corrected chi connectivity index (χ3v) is 4.18. The predicted octanol–water partition coefficient (Wildman–Crippen LogP) is 4.10. The number of benzene rings is 2. The number of hydrogen-bond acceptors (Lipinski definition) is 4. The quantitative estimate of drug-likeness (QED) is 0.607. The number of anilines is 2. The smallest absolute Gasteiger partial charge is 0.151 e. The second kappa shape index (κ2) is 7.57. The Bertz CT molecular complexity index is 864. The SMILES string of the molecule is Cn1ccc(COc2cc(F)c(N)c(NCc3ccc(Br)cc3)c2)n1. The second-order valence-electron chi connectivity index (χ2n) is 5.62. The molecule has 0 saturated heterocycles. The first-order valence-corrected chi connectivity index (χ1v) is 8.49. The Hall–Kier alpha value is -2.54. The van der Waals surface area contributed by atoms with Crippen molar-refractivity contribution < 1.29 is 9.13 Å². The van der Waals surface area contributed by atoms with Gasteiger partial charge in [0.1, 0.15) is 12.4 Å². The molecule has 0 radical (unpaired) electrons. The van der Waals surface area contributed by atoms with Gasteiger partial charge in [-0.2, -0.15) is 5.10 Å². The summed E-state index contributed by atoms with van der Waals surface area (Å²) >= 11 is 3.40. The Morgan fingerprint density at radius 2 is 2.00 bits per heavy atom. The Kier molecular flexibility index (Phi) is 5.23. The number of rotatable bonds is 6. The van der Waals surface area contributed by atoms with Crippen molar-refractivity contribution in [2.75, 3.05) is 11.1 Å². The maximum atomic E-state index is 14.1. The van der Waals surface area contributed by atoms with Crippen LogP contribution in [0.2, 0.25) is 0 Å². The first-order valence-electron chi connectivity index (χ1n) is 7.70. The van der Waals surface area contributed by atoms with Gasteiger partial charge in [0.15, 0.2) is 5.82 Å². The lowest BCUT2D eigenvalue weighted by atomic mass is 10.2. The summed E-state index contributed by atoms with van der Waals surface area (Å²) in [5.74, 6) is -0.118. The Labute approximate surface area is 153 Å². The van der Waals surface area contributed by atoms with E-state index in [1.165, 1.54) is 6.07 Å². The summed E-state index contributed by atoms with van der Waals surface area (Å²) in [4.78, 5) is 0. The Balaban J connectivity index is 1.70. The van der Waals surface area contributed by atoms with Gasteiger partial charge in [0.2, 0.25) is 0 Å². The van der Waals surface area contributed by atoms with E-state index in [4.69, 9.17) is 10.5 Å². The molecule has 0 atom stereocenters. The lowest BCUT2D eigenvalue weighted by molar-refractivity contribution is 0.299. The molecule has 3 rings (SSSR count). The minimum Gasteiger partial charge on any atom is -0.487 e. The normalized spacial score (nSPS) is 10.7. The van der Waals surface area contributed by atoms with E-state index < -0.39 is 5.82 Å². The molecule has 0 amide bonds. The molecule has 25 heavy (non-hydrogen) atoms. The predicted molar refractivity (Wildman–Crippen MR) is 99.8 cm³/mol. The van der Waals surface area contributed by atoms with Crippen molar-refractivity contribution in [2.45, 2.75) is 13.2 Å². The van der Waals surface area contributed by atoms with E-state index in [-0.39, 0.29) is 12.3 Å². The number of hydrogen-bond donors (Lipinski definition) is 2. The fraction of sp³-hybridized carbons (Fsp3) is 0.167. The van der Waals surface area contributed by atoms with Crippen LogP contribution < -0.4 is 15.8 Å². The van der Waals surface area contributed by atoms with E-state index in [9.17, 15) is 4.39 Å². The molecule has 2 aromatic carbocycles. The number of nitrogens with zero attached hydrogens (tertiary/aromatic N) is 2. The summed E-state index contributed by atoms with van der Waals surface area (Å²) in [7, 11) is 1.83. The van der Waals surface area contributed by atoms with Gasteiger partial charge in [-0.1, -0.05) is 28.1 Å². The molecule has 0 aliphatic heterocycles. The van der Waals surface area contributed by atoms with Crippen molar-refractivity contribution in [1.29, 1.82) is 0 Å². The largest absolute Gasteiger partial charge is 0.487 e. The lowest BCUT2D eigenvalue weighted by Crippen LogP contribution is -2.05. The van der Waals surface area contributed by atoms with Crippen molar-refractivity contribution in [2.24, 2.45) is 7.05 Å². The molecule has 1 heterocycles. The Morgan fingerprint density at radius 3 is 2.68 bits per heavy atom. The van der Waals surface area contributed by atoms with Gasteiger partial charge >= 0.3 is 0 Å². The van der Waals surface area contributed by atoms with E-state index in [1.54, 1.807) is 10.7 Å². The molecule has 130 valence electrons. The zero-order chi connectivity index (χ0) is 17.8. The summed E-state index contributed by atoms with van der Waals surface area (Å²) in [5, 5.41) is 7.38. The minimum absolute atomic E-state index is 0.0716. The summed E-state index contributed by atoms with van der Waals surface area (Å²) in [5.41, 5.74) is 8.23. The van der Waals surface area contributed by atoms with Crippen LogP contribution >= 0.6 is 15.9 Å². The third-order valence-electron chi connectivity index (χ3n) is 3.65. The van der Waals surface area contributed by atoms with E-state index in [0.717, 1.165) is 15.7 Å². The average molecular weight is 405 g/mol. The molecular weight excluding hydrogens is 387 g/mol. The van der Waals surface area contributed by atoms with Crippen molar-refractivity contribution in [1.82, 2.24) is 9.78 Å². The maximum Gasteiger partial charge on any atom is 0.151 e. The van der Waals surface area contributed by atoms with Crippen molar-refractivity contribution in [3.05, 3.63) is 70.2 Å². The lowest BCUT2D eigenvalue weighted by Gasteiger charge is -2.13. The standard InChI is InChI=1S/C18H18BrFN4O/c1-24-7-6-14(23-24)11-25-15-8-16(20)18(21)17(9-15)22-10-12-2-4-13(19)5-3-12/h2-9,22H,10-11,21H2,1H3. The molecule has 7 heteroatoms. The Morgan fingerprint density at radius 1 is 1.24 bits per heavy atom. The molecule has 0 spiro atoms. The van der Waals surface area contributed by atoms with Gasteiger partial charge in [0.05, 0.1) is 17.1 Å². The summed E-state index contributed by atoms with van der Waals surface area (Å²) in [6, 6.07) is 12.7. The number of nitrogen functional groups attached to an aromatic ring is 1.